The van der Waals surface area contributed by atoms with Crippen LogP contribution in [0.15, 0.2) is 84.9 Å². The van der Waals surface area contributed by atoms with E-state index in [1.54, 1.807) is 0 Å². The third kappa shape index (κ3) is 3.57. The fraction of sp³-hybridized carbons (Fsp3) is 0.130. The Morgan fingerprint density at radius 2 is 1.38 bits per heavy atom. The van der Waals surface area contributed by atoms with Gasteiger partial charge in [0.05, 0.1) is 0 Å². The lowest BCUT2D eigenvalue weighted by atomic mass is 10.1. The van der Waals surface area contributed by atoms with E-state index in [0.717, 1.165) is 6.42 Å². The highest BCUT2D eigenvalue weighted by Crippen LogP contribution is 2.36. The number of allylic oxidation sites excluding steroid dienone is 1. The fourth-order valence-electron chi connectivity index (χ4n) is 2.81. The summed E-state index contributed by atoms with van der Waals surface area (Å²) in [6.45, 7) is 4.31. The van der Waals surface area contributed by atoms with Crippen LogP contribution in [0.3, 0.4) is 0 Å². The van der Waals surface area contributed by atoms with E-state index in [1.807, 2.05) is 0 Å². The summed E-state index contributed by atoms with van der Waals surface area (Å²) in [4.78, 5) is 2.31. The van der Waals surface area contributed by atoms with Crippen molar-refractivity contribution in [3.63, 3.8) is 0 Å². The Morgan fingerprint density at radius 1 is 0.750 bits per heavy atom. The smallest absolute Gasteiger partial charge is 0.0490 e. The number of benzene rings is 3. The van der Waals surface area contributed by atoms with Gasteiger partial charge in [0.25, 0.3) is 0 Å². The molecule has 0 heterocycles. The molecule has 0 saturated carbocycles. The van der Waals surface area contributed by atoms with Crippen molar-refractivity contribution in [2.75, 3.05) is 4.90 Å². The van der Waals surface area contributed by atoms with Crippen molar-refractivity contribution in [1.82, 2.24) is 0 Å². The summed E-state index contributed by atoms with van der Waals surface area (Å²) >= 11 is 0. The van der Waals surface area contributed by atoms with Gasteiger partial charge >= 0.3 is 0 Å². The molecule has 0 N–H and O–H groups in total. The van der Waals surface area contributed by atoms with E-state index < -0.39 is 0 Å². The SMILES string of the molecule is CCC=Cc1ccc(N(c2ccccc2)c2ccccc2C)cc1. The number of hydrogen-bond acceptors (Lipinski definition) is 1. The zero-order chi connectivity index (χ0) is 16.8. The highest BCUT2D eigenvalue weighted by Gasteiger charge is 2.13. The maximum Gasteiger partial charge on any atom is 0.0490 e. The monoisotopic (exact) mass is 313 g/mol. The van der Waals surface area contributed by atoms with Crippen molar-refractivity contribution in [2.24, 2.45) is 0 Å². The quantitative estimate of drug-likeness (QED) is 0.496. The minimum absolute atomic E-state index is 1.06. The van der Waals surface area contributed by atoms with Gasteiger partial charge in [0.15, 0.2) is 0 Å². The van der Waals surface area contributed by atoms with Gasteiger partial charge in [-0.1, -0.05) is 67.6 Å². The zero-order valence-corrected chi connectivity index (χ0v) is 14.3. The van der Waals surface area contributed by atoms with Gasteiger partial charge in [0, 0.05) is 17.1 Å². The highest BCUT2D eigenvalue weighted by molar-refractivity contribution is 5.78. The molecule has 0 atom stereocenters. The van der Waals surface area contributed by atoms with Crippen LogP contribution in [0.4, 0.5) is 17.1 Å². The van der Waals surface area contributed by atoms with Crippen molar-refractivity contribution in [3.05, 3.63) is 96.1 Å². The third-order valence-corrected chi connectivity index (χ3v) is 4.07. The molecule has 0 spiro atoms. The van der Waals surface area contributed by atoms with Gasteiger partial charge in [0.1, 0.15) is 0 Å². The van der Waals surface area contributed by atoms with E-state index in [0.29, 0.717) is 0 Å². The molecule has 0 aliphatic rings. The number of rotatable bonds is 5. The molecule has 0 aliphatic heterocycles. The first-order valence-electron chi connectivity index (χ1n) is 8.47. The lowest BCUT2D eigenvalue weighted by molar-refractivity contribution is 1.23. The number of para-hydroxylation sites is 2. The van der Waals surface area contributed by atoms with Crippen LogP contribution in [0.1, 0.15) is 24.5 Å². The van der Waals surface area contributed by atoms with Crippen molar-refractivity contribution < 1.29 is 0 Å². The Hall–Kier alpha value is -2.80. The van der Waals surface area contributed by atoms with Crippen LogP contribution in [0.2, 0.25) is 0 Å². The Morgan fingerprint density at radius 3 is 2.04 bits per heavy atom. The van der Waals surface area contributed by atoms with Crippen LogP contribution in [0, 0.1) is 6.92 Å². The zero-order valence-electron chi connectivity index (χ0n) is 14.3. The molecule has 3 aromatic carbocycles. The molecule has 0 fully saturated rings. The van der Waals surface area contributed by atoms with Crippen LogP contribution in [-0.2, 0) is 0 Å². The average Bonchev–Trinajstić information content (AvgIpc) is 2.64. The molecular formula is C23H23N. The summed E-state index contributed by atoms with van der Waals surface area (Å²) in [6, 6.07) is 27.8. The Labute approximate surface area is 144 Å². The minimum Gasteiger partial charge on any atom is -0.310 e. The predicted octanol–water partition coefficient (Wildman–Crippen LogP) is 6.89. The number of anilines is 3. The molecule has 0 saturated heterocycles. The van der Waals surface area contributed by atoms with Gasteiger partial charge in [-0.2, -0.15) is 0 Å². The van der Waals surface area contributed by atoms with Crippen molar-refractivity contribution in [3.8, 4) is 0 Å². The number of aryl methyl sites for hydroxylation is 1. The summed E-state index contributed by atoms with van der Waals surface area (Å²) in [6.07, 6.45) is 5.41. The molecule has 0 bridgehead atoms. The topological polar surface area (TPSA) is 3.24 Å². The first-order chi connectivity index (χ1) is 11.8. The van der Waals surface area contributed by atoms with Gasteiger partial charge in [-0.15, -0.1) is 0 Å². The maximum atomic E-state index is 2.31. The van der Waals surface area contributed by atoms with Crippen molar-refractivity contribution in [2.45, 2.75) is 20.3 Å². The van der Waals surface area contributed by atoms with Crippen LogP contribution in [0.25, 0.3) is 6.08 Å². The van der Waals surface area contributed by atoms with Gasteiger partial charge in [0.2, 0.25) is 0 Å². The number of nitrogens with zero attached hydrogens (tertiary/aromatic N) is 1. The summed E-state index contributed by atoms with van der Waals surface area (Å²) in [5.41, 5.74) is 6.04. The van der Waals surface area contributed by atoms with E-state index in [4.69, 9.17) is 0 Å². The Balaban J connectivity index is 2.05. The summed E-state index contributed by atoms with van der Waals surface area (Å²) in [7, 11) is 0. The fourth-order valence-corrected chi connectivity index (χ4v) is 2.81. The van der Waals surface area contributed by atoms with Gasteiger partial charge in [-0.3, -0.25) is 0 Å². The predicted molar refractivity (Wildman–Crippen MR) is 105 cm³/mol. The molecular weight excluding hydrogens is 290 g/mol. The molecule has 0 amide bonds. The highest BCUT2D eigenvalue weighted by atomic mass is 15.1. The molecule has 3 rings (SSSR count). The Kier molecular flexibility index (Phi) is 5.12. The first kappa shape index (κ1) is 16.1. The molecule has 1 heteroatoms. The van der Waals surface area contributed by atoms with Crippen molar-refractivity contribution in [1.29, 1.82) is 0 Å². The second-order valence-corrected chi connectivity index (χ2v) is 5.86. The Bertz CT molecular complexity index is 801. The molecule has 24 heavy (non-hydrogen) atoms. The molecule has 0 radical (unpaired) electrons. The van der Waals surface area contributed by atoms with Crippen LogP contribution < -0.4 is 4.90 Å². The standard InChI is InChI=1S/C23H23N/c1-3-4-11-20-15-17-22(18-16-20)24(21-12-6-5-7-13-21)23-14-9-8-10-19(23)2/h4-18H,3H2,1-2H3. The second-order valence-electron chi connectivity index (χ2n) is 5.86. The lowest BCUT2D eigenvalue weighted by Gasteiger charge is -2.27. The van der Waals surface area contributed by atoms with Crippen molar-refractivity contribution >= 4 is 23.1 Å². The van der Waals surface area contributed by atoms with E-state index in [2.05, 4.69) is 110 Å². The normalized spacial score (nSPS) is 10.9. The van der Waals surface area contributed by atoms with E-state index >= 15 is 0 Å². The van der Waals surface area contributed by atoms with E-state index in [1.165, 1.54) is 28.2 Å². The van der Waals surface area contributed by atoms with E-state index in [9.17, 15) is 0 Å². The largest absolute Gasteiger partial charge is 0.310 e. The van der Waals surface area contributed by atoms with E-state index in [-0.39, 0.29) is 0 Å². The molecule has 120 valence electrons. The average molecular weight is 313 g/mol. The second kappa shape index (κ2) is 7.65. The van der Waals surface area contributed by atoms with Gasteiger partial charge in [-0.25, -0.2) is 0 Å². The first-order valence-corrected chi connectivity index (χ1v) is 8.47. The third-order valence-electron chi connectivity index (χ3n) is 4.07. The van der Waals surface area contributed by atoms with Gasteiger partial charge < -0.3 is 4.90 Å². The molecule has 0 aliphatic carbocycles. The minimum atomic E-state index is 1.06. The van der Waals surface area contributed by atoms with Crippen LogP contribution >= 0.6 is 0 Å². The molecule has 3 aromatic rings. The summed E-state index contributed by atoms with van der Waals surface area (Å²) in [5.74, 6) is 0. The summed E-state index contributed by atoms with van der Waals surface area (Å²) in [5, 5.41) is 0. The molecule has 0 unspecified atom stereocenters. The molecule has 0 aromatic heterocycles. The van der Waals surface area contributed by atoms with Gasteiger partial charge in [-0.05, 0) is 54.8 Å². The van der Waals surface area contributed by atoms with Crippen LogP contribution in [-0.4, -0.2) is 0 Å². The summed E-state index contributed by atoms with van der Waals surface area (Å²) < 4.78 is 0. The molecule has 1 nitrogen and oxygen atoms in total. The maximum absolute atomic E-state index is 2.31. The number of hydrogen-bond donors (Lipinski definition) is 0. The lowest BCUT2D eigenvalue weighted by Crippen LogP contribution is -2.11. The van der Waals surface area contributed by atoms with Crippen LogP contribution in [0.5, 0.6) is 0 Å².